The minimum atomic E-state index is -1.03. The lowest BCUT2D eigenvalue weighted by molar-refractivity contribution is 0.0685. The molecule has 1 atom stereocenters. The largest absolute Gasteiger partial charge is 0.476 e. The van der Waals surface area contributed by atoms with Gasteiger partial charge in [0.1, 0.15) is 5.76 Å². The zero-order chi connectivity index (χ0) is 9.97. The molecule has 1 aromatic rings. The number of rotatable bonds is 3. The highest BCUT2D eigenvalue weighted by Crippen LogP contribution is 2.26. The SMILES string of the molecule is O=C(O)c1cc(CC2CCSC2)on1. The van der Waals surface area contributed by atoms with Gasteiger partial charge in [-0.05, 0) is 23.8 Å². The number of aromatic carboxylic acids is 1. The van der Waals surface area contributed by atoms with Crippen LogP contribution in [0.3, 0.4) is 0 Å². The quantitative estimate of drug-likeness (QED) is 0.827. The Bertz CT molecular complexity index is 331. The summed E-state index contributed by atoms with van der Waals surface area (Å²) in [7, 11) is 0. The van der Waals surface area contributed by atoms with Gasteiger partial charge >= 0.3 is 5.97 Å². The van der Waals surface area contributed by atoms with E-state index in [1.54, 1.807) is 0 Å². The number of carboxylic acid groups (broad SMARTS) is 1. The van der Waals surface area contributed by atoms with Crippen molar-refractivity contribution in [3.05, 3.63) is 17.5 Å². The van der Waals surface area contributed by atoms with Crippen molar-refractivity contribution in [2.75, 3.05) is 11.5 Å². The van der Waals surface area contributed by atoms with Crippen LogP contribution in [0, 0.1) is 5.92 Å². The van der Waals surface area contributed by atoms with Crippen molar-refractivity contribution < 1.29 is 14.4 Å². The van der Waals surface area contributed by atoms with Gasteiger partial charge in [-0.25, -0.2) is 4.79 Å². The monoisotopic (exact) mass is 213 g/mol. The number of thioether (sulfide) groups is 1. The van der Waals surface area contributed by atoms with Gasteiger partial charge in [0.25, 0.3) is 0 Å². The van der Waals surface area contributed by atoms with E-state index in [1.807, 2.05) is 11.8 Å². The molecule has 2 heterocycles. The molecule has 1 fully saturated rings. The molecule has 0 bridgehead atoms. The third kappa shape index (κ3) is 2.09. The smallest absolute Gasteiger partial charge is 0.358 e. The second kappa shape index (κ2) is 4.04. The topological polar surface area (TPSA) is 63.3 Å². The Morgan fingerprint density at radius 3 is 3.21 bits per heavy atom. The first-order chi connectivity index (χ1) is 6.75. The number of hydrogen-bond acceptors (Lipinski definition) is 4. The summed E-state index contributed by atoms with van der Waals surface area (Å²) in [5.74, 6) is 2.62. The Hall–Kier alpha value is -0.970. The summed E-state index contributed by atoms with van der Waals surface area (Å²) in [5, 5.41) is 12.1. The molecular formula is C9H11NO3S. The predicted molar refractivity (Wildman–Crippen MR) is 52.6 cm³/mol. The van der Waals surface area contributed by atoms with Gasteiger partial charge in [0.2, 0.25) is 0 Å². The van der Waals surface area contributed by atoms with Gasteiger partial charge in [-0.2, -0.15) is 11.8 Å². The van der Waals surface area contributed by atoms with Crippen molar-refractivity contribution in [3.63, 3.8) is 0 Å². The van der Waals surface area contributed by atoms with Crippen LogP contribution >= 0.6 is 11.8 Å². The molecule has 1 aliphatic heterocycles. The second-order valence-corrected chi connectivity index (χ2v) is 4.57. The maximum absolute atomic E-state index is 10.5. The van der Waals surface area contributed by atoms with Crippen LogP contribution in [0.25, 0.3) is 0 Å². The first-order valence-electron chi connectivity index (χ1n) is 4.52. The summed E-state index contributed by atoms with van der Waals surface area (Å²) in [4.78, 5) is 10.5. The van der Waals surface area contributed by atoms with Crippen molar-refractivity contribution in [1.82, 2.24) is 5.16 Å². The molecule has 0 radical (unpaired) electrons. The van der Waals surface area contributed by atoms with Crippen molar-refractivity contribution in [1.29, 1.82) is 0 Å². The van der Waals surface area contributed by atoms with Crippen LogP contribution in [-0.2, 0) is 6.42 Å². The Kier molecular flexibility index (Phi) is 2.77. The molecule has 76 valence electrons. The summed E-state index contributed by atoms with van der Waals surface area (Å²) in [5.41, 5.74) is 0.00523. The molecule has 4 nitrogen and oxygen atoms in total. The number of carbonyl (C=O) groups is 1. The van der Waals surface area contributed by atoms with E-state index < -0.39 is 5.97 Å². The lowest BCUT2D eigenvalue weighted by Gasteiger charge is -2.02. The number of carboxylic acids is 1. The first kappa shape index (κ1) is 9.58. The van der Waals surface area contributed by atoms with E-state index in [9.17, 15) is 4.79 Å². The molecule has 5 heteroatoms. The first-order valence-corrected chi connectivity index (χ1v) is 5.68. The van der Waals surface area contributed by atoms with Gasteiger partial charge in [-0.3, -0.25) is 0 Å². The van der Waals surface area contributed by atoms with Gasteiger partial charge < -0.3 is 9.63 Å². The molecule has 0 saturated carbocycles. The van der Waals surface area contributed by atoms with E-state index in [1.165, 1.54) is 18.2 Å². The lowest BCUT2D eigenvalue weighted by atomic mass is 10.0. The molecule has 1 saturated heterocycles. The minimum Gasteiger partial charge on any atom is -0.476 e. The Morgan fingerprint density at radius 1 is 1.79 bits per heavy atom. The Labute approximate surface area is 85.7 Å². The highest BCUT2D eigenvalue weighted by molar-refractivity contribution is 7.99. The minimum absolute atomic E-state index is 0.00523. The van der Waals surface area contributed by atoms with Gasteiger partial charge in [0, 0.05) is 12.5 Å². The fourth-order valence-electron chi connectivity index (χ4n) is 1.54. The molecule has 14 heavy (non-hydrogen) atoms. The Balaban J connectivity index is 1.98. The number of hydrogen-bond donors (Lipinski definition) is 1. The molecular weight excluding hydrogens is 202 g/mol. The van der Waals surface area contributed by atoms with Crippen LogP contribution in [-0.4, -0.2) is 27.7 Å². The van der Waals surface area contributed by atoms with Crippen LogP contribution in [0.15, 0.2) is 10.6 Å². The van der Waals surface area contributed by atoms with Gasteiger partial charge in [0.15, 0.2) is 5.69 Å². The maximum Gasteiger partial charge on any atom is 0.358 e. The third-order valence-electron chi connectivity index (χ3n) is 2.29. The lowest BCUT2D eigenvalue weighted by Crippen LogP contribution is -2.01. The highest BCUT2D eigenvalue weighted by Gasteiger charge is 2.19. The van der Waals surface area contributed by atoms with Crippen molar-refractivity contribution in [2.24, 2.45) is 5.92 Å². The third-order valence-corrected chi connectivity index (χ3v) is 3.52. The van der Waals surface area contributed by atoms with Crippen LogP contribution < -0.4 is 0 Å². The molecule has 1 unspecified atom stereocenters. The van der Waals surface area contributed by atoms with Gasteiger partial charge in [0.05, 0.1) is 0 Å². The van der Waals surface area contributed by atoms with Crippen molar-refractivity contribution >= 4 is 17.7 Å². The highest BCUT2D eigenvalue weighted by atomic mass is 32.2. The van der Waals surface area contributed by atoms with E-state index in [0.29, 0.717) is 11.7 Å². The summed E-state index contributed by atoms with van der Waals surface area (Å²) in [6, 6.07) is 1.52. The zero-order valence-electron chi connectivity index (χ0n) is 7.60. The molecule has 0 aliphatic carbocycles. The van der Waals surface area contributed by atoms with Crippen molar-refractivity contribution in [2.45, 2.75) is 12.8 Å². The molecule has 2 rings (SSSR count). The van der Waals surface area contributed by atoms with Crippen molar-refractivity contribution in [3.8, 4) is 0 Å². The predicted octanol–water partition coefficient (Wildman–Crippen LogP) is 1.67. The molecule has 1 aromatic heterocycles. The second-order valence-electron chi connectivity index (χ2n) is 3.42. The molecule has 0 aromatic carbocycles. The van der Waals surface area contributed by atoms with E-state index in [2.05, 4.69) is 5.16 Å². The van der Waals surface area contributed by atoms with Crippen LogP contribution in [0.2, 0.25) is 0 Å². The summed E-state index contributed by atoms with van der Waals surface area (Å²) in [6.45, 7) is 0. The van der Waals surface area contributed by atoms with E-state index in [0.717, 1.165) is 12.2 Å². The van der Waals surface area contributed by atoms with E-state index in [-0.39, 0.29) is 5.69 Å². The van der Waals surface area contributed by atoms with Gasteiger partial charge in [-0.1, -0.05) is 5.16 Å². The fraction of sp³-hybridized carbons (Fsp3) is 0.556. The maximum atomic E-state index is 10.5. The van der Waals surface area contributed by atoms with Crippen LogP contribution in [0.4, 0.5) is 0 Å². The van der Waals surface area contributed by atoms with Crippen LogP contribution in [0.1, 0.15) is 22.7 Å². The van der Waals surface area contributed by atoms with E-state index in [4.69, 9.17) is 9.63 Å². The van der Waals surface area contributed by atoms with Gasteiger partial charge in [-0.15, -0.1) is 0 Å². The zero-order valence-corrected chi connectivity index (χ0v) is 8.42. The summed E-state index contributed by atoms with van der Waals surface area (Å²) in [6.07, 6.45) is 2.00. The van der Waals surface area contributed by atoms with E-state index >= 15 is 0 Å². The molecule has 1 N–H and O–H groups in total. The number of nitrogens with zero attached hydrogens (tertiary/aromatic N) is 1. The van der Waals surface area contributed by atoms with Crippen LogP contribution in [0.5, 0.6) is 0 Å². The standard InChI is InChI=1S/C9H11NO3S/c11-9(12)8-4-7(13-10-8)3-6-1-2-14-5-6/h4,6H,1-3,5H2,(H,11,12). The number of aromatic nitrogens is 1. The molecule has 1 aliphatic rings. The fourth-order valence-corrected chi connectivity index (χ4v) is 2.82. The molecule has 0 spiro atoms. The average molecular weight is 213 g/mol. The Morgan fingerprint density at radius 2 is 2.64 bits per heavy atom. The average Bonchev–Trinajstić information content (AvgIpc) is 2.75. The normalized spacial score (nSPS) is 21.3. The molecule has 0 amide bonds. The summed E-state index contributed by atoms with van der Waals surface area (Å²) >= 11 is 1.94. The summed E-state index contributed by atoms with van der Waals surface area (Å²) < 4.78 is 4.95.